The average Bonchev–Trinajstić information content (AvgIpc) is 2.71. The Morgan fingerprint density at radius 1 is 1.16 bits per heavy atom. The number of carbonyl (C=O) groups is 1. The van der Waals surface area contributed by atoms with Crippen molar-refractivity contribution in [1.82, 2.24) is 15.5 Å². The predicted octanol–water partition coefficient (Wildman–Crippen LogP) is 4.36. The van der Waals surface area contributed by atoms with Gasteiger partial charge in [-0.25, -0.2) is 4.99 Å². The molecule has 3 rings (SSSR count). The molecule has 1 heterocycles. The highest BCUT2D eigenvalue weighted by molar-refractivity contribution is 14.0. The first kappa shape index (κ1) is 25.0. The molecule has 168 valence electrons. The minimum absolute atomic E-state index is 0. The second-order valence-electron chi connectivity index (χ2n) is 8.39. The second-order valence-corrected chi connectivity index (χ2v) is 8.39. The van der Waals surface area contributed by atoms with Crippen LogP contribution in [0.5, 0.6) is 5.75 Å². The van der Waals surface area contributed by atoms with Crippen LogP contribution in [-0.2, 0) is 6.54 Å². The number of fused-ring (bicyclic) bond motifs is 1. The molecule has 1 unspecified atom stereocenters. The Kier molecular flexibility index (Phi) is 8.73. The molecule has 0 fully saturated rings. The maximum atomic E-state index is 12.0. The fourth-order valence-electron chi connectivity index (χ4n) is 3.60. The van der Waals surface area contributed by atoms with Gasteiger partial charge in [0.05, 0.1) is 12.6 Å². The van der Waals surface area contributed by atoms with Crippen LogP contribution in [0.2, 0.25) is 0 Å². The molecule has 1 atom stereocenters. The first-order valence-electron chi connectivity index (χ1n) is 10.4. The van der Waals surface area contributed by atoms with Crippen LogP contribution in [0.15, 0.2) is 53.5 Å². The molecule has 0 radical (unpaired) electrons. The zero-order valence-electron chi connectivity index (χ0n) is 18.9. The Bertz CT molecular complexity index is 910. The van der Waals surface area contributed by atoms with Gasteiger partial charge in [-0.1, -0.05) is 30.3 Å². The standard InChI is InChI=1S/C24H32N4O2.HI/c1-6-25-23(26-16-17-11-13-18(14-12-17)22(29)28(4)5)27-20-15-24(2,3)30-21-10-8-7-9-19(20)21;/h7-14,20H,6,15-16H2,1-5H3,(H2,25,26,27);1H. The predicted molar refractivity (Wildman–Crippen MR) is 136 cm³/mol. The monoisotopic (exact) mass is 536 g/mol. The first-order chi connectivity index (χ1) is 14.3. The molecule has 0 bridgehead atoms. The quantitative estimate of drug-likeness (QED) is 0.339. The van der Waals surface area contributed by atoms with E-state index in [0.29, 0.717) is 12.1 Å². The molecule has 0 aliphatic carbocycles. The van der Waals surface area contributed by atoms with E-state index in [-0.39, 0.29) is 41.5 Å². The molecule has 2 aromatic carbocycles. The van der Waals surface area contributed by atoms with Gasteiger partial charge < -0.3 is 20.3 Å². The largest absolute Gasteiger partial charge is 0.487 e. The summed E-state index contributed by atoms with van der Waals surface area (Å²) in [6, 6.07) is 15.9. The number of guanidine groups is 1. The van der Waals surface area contributed by atoms with Gasteiger partial charge in [-0.2, -0.15) is 0 Å². The van der Waals surface area contributed by atoms with E-state index in [1.807, 2.05) is 42.5 Å². The van der Waals surface area contributed by atoms with Gasteiger partial charge in [0.15, 0.2) is 5.96 Å². The third kappa shape index (κ3) is 6.59. The first-order valence-corrected chi connectivity index (χ1v) is 10.4. The zero-order chi connectivity index (χ0) is 21.7. The lowest BCUT2D eigenvalue weighted by Gasteiger charge is -2.38. The van der Waals surface area contributed by atoms with E-state index in [9.17, 15) is 4.79 Å². The number of aliphatic imine (C=N–C) groups is 1. The number of amides is 1. The van der Waals surface area contributed by atoms with Crippen LogP contribution in [0, 0.1) is 0 Å². The summed E-state index contributed by atoms with van der Waals surface area (Å²) in [5.74, 6) is 1.69. The van der Waals surface area contributed by atoms with Gasteiger partial charge in [0.1, 0.15) is 11.4 Å². The van der Waals surface area contributed by atoms with Gasteiger partial charge in [-0.3, -0.25) is 4.79 Å². The lowest BCUT2D eigenvalue weighted by atomic mass is 9.90. The highest BCUT2D eigenvalue weighted by Gasteiger charge is 2.33. The van der Waals surface area contributed by atoms with Crippen molar-refractivity contribution in [2.45, 2.75) is 45.4 Å². The van der Waals surface area contributed by atoms with E-state index in [4.69, 9.17) is 9.73 Å². The van der Waals surface area contributed by atoms with E-state index in [1.54, 1.807) is 19.0 Å². The Hall–Kier alpha value is -2.29. The number of carbonyl (C=O) groups excluding carboxylic acids is 1. The number of nitrogens with zero attached hydrogens (tertiary/aromatic N) is 2. The Morgan fingerprint density at radius 2 is 1.84 bits per heavy atom. The summed E-state index contributed by atoms with van der Waals surface area (Å²) in [6.45, 7) is 7.58. The summed E-state index contributed by atoms with van der Waals surface area (Å²) in [4.78, 5) is 18.4. The molecule has 2 aromatic rings. The fraction of sp³-hybridized carbons (Fsp3) is 0.417. The lowest BCUT2D eigenvalue weighted by Crippen LogP contribution is -2.45. The van der Waals surface area contributed by atoms with Crippen LogP contribution in [0.1, 0.15) is 54.7 Å². The number of hydrogen-bond acceptors (Lipinski definition) is 3. The number of benzene rings is 2. The summed E-state index contributed by atoms with van der Waals surface area (Å²) < 4.78 is 6.14. The van der Waals surface area contributed by atoms with Crippen molar-refractivity contribution in [2.24, 2.45) is 4.99 Å². The van der Waals surface area contributed by atoms with Gasteiger partial charge in [0, 0.05) is 38.2 Å². The third-order valence-corrected chi connectivity index (χ3v) is 5.06. The smallest absolute Gasteiger partial charge is 0.253 e. The molecule has 31 heavy (non-hydrogen) atoms. The van der Waals surface area contributed by atoms with E-state index in [0.717, 1.165) is 35.8 Å². The van der Waals surface area contributed by atoms with Crippen molar-refractivity contribution in [2.75, 3.05) is 20.6 Å². The number of nitrogens with one attached hydrogen (secondary N) is 2. The SMILES string of the molecule is CCNC(=NCc1ccc(C(=O)N(C)C)cc1)NC1CC(C)(C)Oc2ccccc21.I. The van der Waals surface area contributed by atoms with E-state index in [2.05, 4.69) is 37.5 Å². The minimum atomic E-state index is -0.252. The summed E-state index contributed by atoms with van der Waals surface area (Å²) in [7, 11) is 3.51. The second kappa shape index (κ2) is 10.8. The van der Waals surface area contributed by atoms with Crippen molar-refractivity contribution in [3.05, 3.63) is 65.2 Å². The summed E-state index contributed by atoms with van der Waals surface area (Å²) in [5.41, 5.74) is 2.63. The van der Waals surface area contributed by atoms with E-state index >= 15 is 0 Å². The molecule has 1 aliphatic rings. The van der Waals surface area contributed by atoms with Crippen LogP contribution in [-0.4, -0.2) is 43.0 Å². The number of para-hydroxylation sites is 1. The Labute approximate surface area is 202 Å². The van der Waals surface area contributed by atoms with Crippen molar-refractivity contribution >= 4 is 35.8 Å². The fourth-order valence-corrected chi connectivity index (χ4v) is 3.60. The number of halogens is 1. The van der Waals surface area contributed by atoms with Gasteiger partial charge in [-0.05, 0) is 44.5 Å². The highest BCUT2D eigenvalue weighted by Crippen LogP contribution is 2.39. The number of ether oxygens (including phenoxy) is 1. The van der Waals surface area contributed by atoms with Crippen LogP contribution < -0.4 is 15.4 Å². The van der Waals surface area contributed by atoms with Crippen LogP contribution in [0.25, 0.3) is 0 Å². The van der Waals surface area contributed by atoms with Gasteiger partial charge in [0.25, 0.3) is 5.91 Å². The molecule has 0 saturated heterocycles. The normalized spacial score (nSPS) is 16.9. The molecule has 0 saturated carbocycles. The number of hydrogen-bond donors (Lipinski definition) is 2. The lowest BCUT2D eigenvalue weighted by molar-refractivity contribution is 0.0694. The highest BCUT2D eigenvalue weighted by atomic mass is 127. The number of rotatable bonds is 5. The Morgan fingerprint density at radius 3 is 2.48 bits per heavy atom. The molecule has 1 aliphatic heterocycles. The third-order valence-electron chi connectivity index (χ3n) is 5.06. The molecule has 0 aromatic heterocycles. The van der Waals surface area contributed by atoms with Crippen LogP contribution >= 0.6 is 24.0 Å². The summed E-state index contributed by atoms with van der Waals surface area (Å²) in [6.07, 6.45) is 0.843. The Balaban J connectivity index is 0.00000341. The van der Waals surface area contributed by atoms with Crippen molar-refractivity contribution in [1.29, 1.82) is 0 Å². The molecule has 6 nitrogen and oxygen atoms in total. The molecule has 2 N–H and O–H groups in total. The van der Waals surface area contributed by atoms with Gasteiger partial charge in [0.2, 0.25) is 0 Å². The van der Waals surface area contributed by atoms with Gasteiger partial charge >= 0.3 is 0 Å². The van der Waals surface area contributed by atoms with E-state index < -0.39 is 0 Å². The summed E-state index contributed by atoms with van der Waals surface area (Å²) in [5, 5.41) is 6.92. The average molecular weight is 536 g/mol. The van der Waals surface area contributed by atoms with Crippen LogP contribution in [0.3, 0.4) is 0 Å². The molecule has 0 spiro atoms. The summed E-state index contributed by atoms with van der Waals surface area (Å²) >= 11 is 0. The molecule has 7 heteroatoms. The molecular weight excluding hydrogens is 503 g/mol. The van der Waals surface area contributed by atoms with Crippen molar-refractivity contribution in [3.63, 3.8) is 0 Å². The van der Waals surface area contributed by atoms with E-state index in [1.165, 1.54) is 0 Å². The maximum Gasteiger partial charge on any atom is 0.253 e. The van der Waals surface area contributed by atoms with Crippen LogP contribution in [0.4, 0.5) is 0 Å². The maximum absolute atomic E-state index is 12.0. The zero-order valence-corrected chi connectivity index (χ0v) is 21.3. The minimum Gasteiger partial charge on any atom is -0.487 e. The molecule has 1 amide bonds. The topological polar surface area (TPSA) is 66.0 Å². The molecular formula is C24H33IN4O2. The van der Waals surface area contributed by atoms with Gasteiger partial charge in [-0.15, -0.1) is 24.0 Å². The van der Waals surface area contributed by atoms with Crippen molar-refractivity contribution < 1.29 is 9.53 Å². The van der Waals surface area contributed by atoms with Crippen molar-refractivity contribution in [3.8, 4) is 5.75 Å².